The average Bonchev–Trinajstić information content (AvgIpc) is 2.75. The molecule has 0 N–H and O–H groups in total. The molecule has 0 unspecified atom stereocenters. The highest BCUT2D eigenvalue weighted by Crippen LogP contribution is 2.49. The van der Waals surface area contributed by atoms with Gasteiger partial charge >= 0.3 is 0 Å². The maximum Gasteiger partial charge on any atom is 0.123 e. The predicted molar refractivity (Wildman–Crippen MR) is 119 cm³/mol. The summed E-state index contributed by atoms with van der Waals surface area (Å²) in [6.45, 7) is 0. The summed E-state index contributed by atoms with van der Waals surface area (Å²) < 4.78 is 19.0. The van der Waals surface area contributed by atoms with Crippen molar-refractivity contribution in [3.8, 4) is 0 Å². The highest BCUT2D eigenvalue weighted by Gasteiger charge is 2.27. The van der Waals surface area contributed by atoms with Crippen molar-refractivity contribution < 1.29 is 4.39 Å². The van der Waals surface area contributed by atoms with E-state index in [9.17, 15) is 4.39 Å². The Morgan fingerprint density at radius 2 is 1.04 bits per heavy atom. The number of hydrogen-bond acceptors (Lipinski definition) is 1. The van der Waals surface area contributed by atoms with Gasteiger partial charge in [-0.1, -0.05) is 72.3 Å². The summed E-state index contributed by atoms with van der Waals surface area (Å²) >= 11 is 6.08. The Balaban J connectivity index is 2.11. The van der Waals surface area contributed by atoms with Crippen LogP contribution in [0, 0.1) is 5.82 Å². The SMILES string of the molecule is Fc1ccc(P(=Nc2ccc(Cl)cc2)(c2ccccc2)c2ccccc2)cc1. The number of nitrogens with zero attached hydrogens (tertiary/aromatic N) is 1. The van der Waals surface area contributed by atoms with Crippen LogP contribution in [0.25, 0.3) is 0 Å². The fraction of sp³-hybridized carbons (Fsp3) is 0. The molecule has 0 fully saturated rings. The Morgan fingerprint density at radius 1 is 0.571 bits per heavy atom. The second-order valence-electron chi connectivity index (χ2n) is 6.36. The maximum atomic E-state index is 13.7. The van der Waals surface area contributed by atoms with Crippen molar-refractivity contribution in [3.63, 3.8) is 0 Å². The summed E-state index contributed by atoms with van der Waals surface area (Å²) in [7, 11) is -2.39. The molecule has 0 saturated carbocycles. The molecule has 4 heteroatoms. The monoisotopic (exact) mass is 405 g/mol. The van der Waals surface area contributed by atoms with Crippen LogP contribution in [-0.2, 0) is 0 Å². The van der Waals surface area contributed by atoms with Crippen molar-refractivity contribution in [2.75, 3.05) is 0 Å². The van der Waals surface area contributed by atoms with Gasteiger partial charge in [0.25, 0.3) is 0 Å². The van der Waals surface area contributed by atoms with E-state index in [2.05, 4.69) is 24.3 Å². The van der Waals surface area contributed by atoms with Crippen molar-refractivity contribution >= 4 is 40.3 Å². The van der Waals surface area contributed by atoms with E-state index in [1.807, 2.05) is 72.8 Å². The molecule has 0 aliphatic heterocycles. The van der Waals surface area contributed by atoms with Gasteiger partial charge in [-0.05, 0) is 48.5 Å². The molecule has 1 nitrogen and oxygen atoms in total. The summed E-state index contributed by atoms with van der Waals surface area (Å²) in [4.78, 5) is 0. The third-order valence-electron chi connectivity index (χ3n) is 4.55. The summed E-state index contributed by atoms with van der Waals surface area (Å²) in [5.41, 5.74) is 0.842. The second kappa shape index (κ2) is 8.14. The predicted octanol–water partition coefficient (Wildman–Crippen LogP) is 6.29. The van der Waals surface area contributed by atoms with E-state index in [0.717, 1.165) is 21.6 Å². The molecule has 0 radical (unpaired) electrons. The zero-order valence-electron chi connectivity index (χ0n) is 15.0. The van der Waals surface area contributed by atoms with E-state index in [1.165, 1.54) is 12.1 Å². The Kier molecular flexibility index (Phi) is 5.43. The molecule has 138 valence electrons. The summed E-state index contributed by atoms with van der Waals surface area (Å²) in [6, 6.07) is 34.7. The number of rotatable bonds is 4. The first kappa shape index (κ1) is 18.7. The van der Waals surface area contributed by atoms with E-state index in [1.54, 1.807) is 0 Å². The van der Waals surface area contributed by atoms with E-state index in [4.69, 9.17) is 16.3 Å². The molecule has 0 heterocycles. The lowest BCUT2D eigenvalue weighted by Crippen LogP contribution is -2.25. The zero-order chi connectivity index (χ0) is 19.4. The molecule has 4 aromatic rings. The highest BCUT2D eigenvalue weighted by atomic mass is 35.5. The number of hydrogen-bond donors (Lipinski definition) is 0. The average molecular weight is 406 g/mol. The van der Waals surface area contributed by atoms with Crippen LogP contribution in [0.4, 0.5) is 10.1 Å². The lowest BCUT2D eigenvalue weighted by atomic mass is 10.3. The first-order chi connectivity index (χ1) is 13.7. The molecule has 28 heavy (non-hydrogen) atoms. The highest BCUT2D eigenvalue weighted by molar-refractivity contribution is 7.87. The van der Waals surface area contributed by atoms with Crippen LogP contribution in [0.2, 0.25) is 5.02 Å². The van der Waals surface area contributed by atoms with Crippen LogP contribution in [0.5, 0.6) is 0 Å². The summed E-state index contributed by atoms with van der Waals surface area (Å²) in [5.74, 6) is -0.255. The third kappa shape index (κ3) is 3.67. The molecular formula is C24H18ClFNP. The molecule has 0 spiro atoms. The first-order valence-corrected chi connectivity index (χ1v) is 11.1. The topological polar surface area (TPSA) is 12.4 Å². The molecule has 0 atom stereocenters. The maximum absolute atomic E-state index is 13.7. The molecule has 0 saturated heterocycles. The molecule has 0 aliphatic rings. The standard InChI is InChI=1S/C24H18ClFNP/c25-19-11-15-21(16-12-19)27-28(22-7-3-1-4-8-22,23-9-5-2-6-10-23)24-17-13-20(26)14-18-24/h1-18H. The van der Waals surface area contributed by atoms with Crippen LogP contribution in [-0.4, -0.2) is 0 Å². The first-order valence-electron chi connectivity index (χ1n) is 8.94. The Hall–Kier alpha value is -2.67. The molecule has 0 aliphatic carbocycles. The molecule has 0 amide bonds. The summed E-state index contributed by atoms with van der Waals surface area (Å²) in [5, 5.41) is 3.90. The smallest absolute Gasteiger partial charge is 0.123 e. The van der Waals surface area contributed by atoms with Gasteiger partial charge in [0.15, 0.2) is 0 Å². The normalized spacial score (nSPS) is 11.2. The second-order valence-corrected chi connectivity index (χ2v) is 9.82. The fourth-order valence-electron chi connectivity index (χ4n) is 3.25. The Morgan fingerprint density at radius 3 is 1.54 bits per heavy atom. The minimum atomic E-state index is -2.39. The molecule has 4 rings (SSSR count). The van der Waals surface area contributed by atoms with Crippen LogP contribution < -0.4 is 15.9 Å². The Bertz CT molecular complexity index is 1070. The van der Waals surface area contributed by atoms with Crippen molar-refractivity contribution in [1.29, 1.82) is 0 Å². The van der Waals surface area contributed by atoms with Gasteiger partial charge in [-0.25, -0.2) is 4.39 Å². The lowest BCUT2D eigenvalue weighted by Gasteiger charge is -2.27. The van der Waals surface area contributed by atoms with Gasteiger partial charge in [0.2, 0.25) is 0 Å². The van der Waals surface area contributed by atoms with E-state index in [0.29, 0.717) is 5.02 Å². The van der Waals surface area contributed by atoms with Crippen molar-refractivity contribution in [2.24, 2.45) is 4.74 Å². The minimum absolute atomic E-state index is 0.255. The number of benzene rings is 4. The molecular weight excluding hydrogens is 388 g/mol. The van der Waals surface area contributed by atoms with Gasteiger partial charge in [0.1, 0.15) is 5.82 Å². The van der Waals surface area contributed by atoms with Crippen LogP contribution in [0.15, 0.2) is 114 Å². The van der Waals surface area contributed by atoms with Crippen LogP contribution in [0.1, 0.15) is 0 Å². The largest absolute Gasteiger partial charge is 0.254 e. The fourth-order valence-corrected chi connectivity index (χ4v) is 6.88. The Labute approximate surface area is 169 Å². The van der Waals surface area contributed by atoms with Crippen molar-refractivity contribution in [1.82, 2.24) is 0 Å². The van der Waals surface area contributed by atoms with Crippen LogP contribution >= 0.6 is 18.7 Å². The molecule has 0 aromatic heterocycles. The number of halogens is 2. The molecule has 4 aromatic carbocycles. The minimum Gasteiger partial charge on any atom is -0.254 e. The van der Waals surface area contributed by atoms with E-state index in [-0.39, 0.29) is 5.82 Å². The molecule has 0 bridgehead atoms. The van der Waals surface area contributed by atoms with E-state index < -0.39 is 7.05 Å². The van der Waals surface area contributed by atoms with Gasteiger partial charge in [0, 0.05) is 20.9 Å². The van der Waals surface area contributed by atoms with Gasteiger partial charge in [-0.15, -0.1) is 0 Å². The van der Waals surface area contributed by atoms with Crippen molar-refractivity contribution in [2.45, 2.75) is 0 Å². The summed E-state index contributed by atoms with van der Waals surface area (Å²) in [6.07, 6.45) is 0. The van der Waals surface area contributed by atoms with Gasteiger partial charge < -0.3 is 0 Å². The van der Waals surface area contributed by atoms with E-state index >= 15 is 0 Å². The third-order valence-corrected chi connectivity index (χ3v) is 8.47. The van der Waals surface area contributed by atoms with Gasteiger partial charge in [0.05, 0.1) is 12.7 Å². The van der Waals surface area contributed by atoms with Gasteiger partial charge in [-0.3, -0.25) is 4.74 Å². The van der Waals surface area contributed by atoms with Crippen molar-refractivity contribution in [3.05, 3.63) is 120 Å². The lowest BCUT2D eigenvalue weighted by molar-refractivity contribution is 0.628. The quantitative estimate of drug-likeness (QED) is 0.354. The van der Waals surface area contributed by atoms with Crippen LogP contribution in [0.3, 0.4) is 0 Å². The zero-order valence-corrected chi connectivity index (χ0v) is 16.7. The van der Waals surface area contributed by atoms with Gasteiger partial charge in [-0.2, -0.15) is 0 Å².